The zero-order valence-electron chi connectivity index (χ0n) is 13.4. The van der Waals surface area contributed by atoms with Crippen molar-refractivity contribution in [1.82, 2.24) is 24.8 Å². The largest absolute Gasteiger partial charge is 0.446 e. The molecule has 0 aliphatic heterocycles. The molecule has 0 saturated heterocycles. The van der Waals surface area contributed by atoms with Crippen molar-refractivity contribution in [2.45, 2.75) is 12.8 Å². The Labute approximate surface area is 159 Å². The fourth-order valence-corrected chi connectivity index (χ4v) is 3.06. The van der Waals surface area contributed by atoms with Crippen LogP contribution >= 0.6 is 15.9 Å². The zero-order chi connectivity index (χ0) is 19.6. The number of nitrogens with two attached hydrogens (primary N) is 1. The standard InChI is InChI=1S/C13H12BrFN6O5S/c14-8-6-7(3-4-9(8)15)21-12(20-25-13(21)22)11-10(18-26-19-11)2-1-5-17-27(16,23)24/h3-4,6,17H,1-2,5H2,(H2,16,23,24). The average Bonchev–Trinajstić information content (AvgIpc) is 3.19. The Kier molecular flexibility index (Phi) is 5.50. The Morgan fingerprint density at radius 2 is 2.07 bits per heavy atom. The number of nitrogens with one attached hydrogen (secondary N) is 1. The predicted molar refractivity (Wildman–Crippen MR) is 92.5 cm³/mol. The van der Waals surface area contributed by atoms with E-state index in [1.54, 1.807) is 0 Å². The number of rotatable bonds is 7. The van der Waals surface area contributed by atoms with E-state index in [1.807, 2.05) is 0 Å². The van der Waals surface area contributed by atoms with E-state index in [4.69, 9.17) is 14.3 Å². The fraction of sp³-hybridized carbons (Fsp3) is 0.231. The summed E-state index contributed by atoms with van der Waals surface area (Å²) >= 11 is 3.05. The molecule has 0 unspecified atom stereocenters. The maximum absolute atomic E-state index is 13.5. The molecule has 144 valence electrons. The van der Waals surface area contributed by atoms with Crippen LogP contribution in [0.3, 0.4) is 0 Å². The summed E-state index contributed by atoms with van der Waals surface area (Å²) in [6, 6.07) is 3.91. The molecule has 0 spiro atoms. The number of aryl methyl sites for hydroxylation is 1. The summed E-state index contributed by atoms with van der Waals surface area (Å²) in [5.41, 5.74) is 0.751. The lowest BCUT2D eigenvalue weighted by Crippen LogP contribution is -2.31. The van der Waals surface area contributed by atoms with Gasteiger partial charge in [0.05, 0.1) is 10.2 Å². The average molecular weight is 463 g/mol. The summed E-state index contributed by atoms with van der Waals surface area (Å²) in [6.07, 6.45) is 0.595. The van der Waals surface area contributed by atoms with E-state index in [9.17, 15) is 17.6 Å². The molecule has 11 nitrogen and oxygen atoms in total. The third-order valence-electron chi connectivity index (χ3n) is 3.43. The van der Waals surface area contributed by atoms with Crippen LogP contribution in [0.15, 0.2) is 36.6 Å². The molecule has 0 fully saturated rings. The third-order valence-corrected chi connectivity index (χ3v) is 4.64. The molecule has 1 aromatic carbocycles. The lowest BCUT2D eigenvalue weighted by atomic mass is 10.2. The highest BCUT2D eigenvalue weighted by Crippen LogP contribution is 2.24. The van der Waals surface area contributed by atoms with Crippen LogP contribution in [-0.2, 0) is 16.6 Å². The summed E-state index contributed by atoms with van der Waals surface area (Å²) in [4.78, 5) is 12.1. The van der Waals surface area contributed by atoms with Gasteiger partial charge in [0.1, 0.15) is 11.5 Å². The van der Waals surface area contributed by atoms with Gasteiger partial charge in [-0.05, 0) is 52.1 Å². The van der Waals surface area contributed by atoms with Crippen LogP contribution in [0.1, 0.15) is 12.1 Å². The van der Waals surface area contributed by atoms with Crippen molar-refractivity contribution in [3.63, 3.8) is 0 Å². The Morgan fingerprint density at radius 1 is 1.30 bits per heavy atom. The van der Waals surface area contributed by atoms with Crippen LogP contribution in [0.4, 0.5) is 4.39 Å². The van der Waals surface area contributed by atoms with Crippen LogP contribution < -0.4 is 15.6 Å². The van der Waals surface area contributed by atoms with Gasteiger partial charge in [-0.1, -0.05) is 10.3 Å². The Bertz CT molecular complexity index is 1120. The predicted octanol–water partition coefficient (Wildman–Crippen LogP) is 0.503. The second-order valence-corrected chi connectivity index (χ2v) is 7.54. The van der Waals surface area contributed by atoms with Gasteiger partial charge in [-0.3, -0.25) is 4.52 Å². The topological polar surface area (TPSA) is 159 Å². The van der Waals surface area contributed by atoms with Crippen molar-refractivity contribution in [2.24, 2.45) is 5.14 Å². The Morgan fingerprint density at radius 3 is 2.78 bits per heavy atom. The third kappa shape index (κ3) is 4.47. The van der Waals surface area contributed by atoms with Crippen LogP contribution in [0.25, 0.3) is 17.2 Å². The summed E-state index contributed by atoms with van der Waals surface area (Å²) in [7, 11) is -3.79. The second-order valence-electron chi connectivity index (χ2n) is 5.31. The molecule has 0 atom stereocenters. The van der Waals surface area contributed by atoms with Crippen molar-refractivity contribution < 1.29 is 22.0 Å². The molecular weight excluding hydrogens is 451 g/mol. The number of nitrogens with zero attached hydrogens (tertiary/aromatic N) is 4. The quantitative estimate of drug-likeness (QED) is 0.480. The molecule has 2 heterocycles. The highest BCUT2D eigenvalue weighted by atomic mass is 79.9. The number of halogens is 2. The van der Waals surface area contributed by atoms with Crippen molar-refractivity contribution >= 4 is 26.1 Å². The van der Waals surface area contributed by atoms with E-state index in [0.717, 1.165) is 4.57 Å². The van der Waals surface area contributed by atoms with Crippen LogP contribution in [0, 0.1) is 5.82 Å². The number of benzene rings is 1. The zero-order valence-corrected chi connectivity index (χ0v) is 15.8. The molecule has 2 aromatic heterocycles. The minimum absolute atomic E-state index is 0.00848. The number of hydrogen-bond acceptors (Lipinski definition) is 8. The molecule has 0 radical (unpaired) electrons. The maximum Gasteiger partial charge on any atom is 0.446 e. The van der Waals surface area contributed by atoms with Crippen LogP contribution in [0.5, 0.6) is 0 Å². The summed E-state index contributed by atoms with van der Waals surface area (Å²) < 4.78 is 48.0. The van der Waals surface area contributed by atoms with Gasteiger partial charge in [0.15, 0.2) is 5.69 Å². The Hall–Kier alpha value is -2.42. The molecule has 0 aliphatic carbocycles. The normalized spacial score (nSPS) is 11.8. The molecule has 3 N–H and O–H groups in total. The highest BCUT2D eigenvalue weighted by molar-refractivity contribution is 9.10. The highest BCUT2D eigenvalue weighted by Gasteiger charge is 2.22. The SMILES string of the molecule is NS(=O)(=O)NCCCc1nonc1-c1noc(=O)n1-c1ccc(F)c(Br)c1. The van der Waals surface area contributed by atoms with E-state index in [0.29, 0.717) is 12.1 Å². The first kappa shape index (κ1) is 19.3. The summed E-state index contributed by atoms with van der Waals surface area (Å²) in [6.45, 7) is 0.0711. The molecule has 0 amide bonds. The molecule has 14 heteroatoms. The van der Waals surface area contributed by atoms with Gasteiger partial charge in [-0.2, -0.15) is 8.42 Å². The first-order valence-corrected chi connectivity index (χ1v) is 9.73. The van der Waals surface area contributed by atoms with Crippen molar-refractivity contribution in [3.8, 4) is 17.2 Å². The first-order chi connectivity index (χ1) is 12.8. The van der Waals surface area contributed by atoms with Crippen LogP contribution in [0.2, 0.25) is 0 Å². The summed E-state index contributed by atoms with van der Waals surface area (Å²) in [5, 5.41) is 16.0. The monoisotopic (exact) mass is 462 g/mol. The van der Waals surface area contributed by atoms with Gasteiger partial charge in [-0.25, -0.2) is 28.2 Å². The van der Waals surface area contributed by atoms with Gasteiger partial charge < -0.3 is 0 Å². The lowest BCUT2D eigenvalue weighted by molar-refractivity contribution is 0.303. The van der Waals surface area contributed by atoms with Crippen molar-refractivity contribution in [2.75, 3.05) is 6.54 Å². The molecule has 3 rings (SSSR count). The van der Waals surface area contributed by atoms with Crippen molar-refractivity contribution in [3.05, 3.63) is 44.7 Å². The van der Waals surface area contributed by atoms with Gasteiger partial charge in [0.2, 0.25) is 5.82 Å². The first-order valence-electron chi connectivity index (χ1n) is 7.39. The minimum atomic E-state index is -3.79. The molecule has 0 aliphatic rings. The molecule has 3 aromatic rings. The molecular formula is C13H12BrFN6O5S. The fourth-order valence-electron chi connectivity index (χ4n) is 2.26. The van der Waals surface area contributed by atoms with Gasteiger partial charge in [0.25, 0.3) is 10.2 Å². The lowest BCUT2D eigenvalue weighted by Gasteiger charge is -2.05. The van der Waals surface area contributed by atoms with Gasteiger partial charge >= 0.3 is 5.76 Å². The van der Waals surface area contributed by atoms with Crippen LogP contribution in [-0.4, -0.2) is 35.0 Å². The van der Waals surface area contributed by atoms with E-state index in [2.05, 4.69) is 36.1 Å². The minimum Gasteiger partial charge on any atom is -0.295 e. The maximum atomic E-state index is 13.5. The molecule has 27 heavy (non-hydrogen) atoms. The van der Waals surface area contributed by atoms with E-state index < -0.39 is 21.8 Å². The summed E-state index contributed by atoms with van der Waals surface area (Å²) in [5.74, 6) is -1.31. The van der Waals surface area contributed by atoms with E-state index in [1.165, 1.54) is 18.2 Å². The molecule has 0 bridgehead atoms. The smallest absolute Gasteiger partial charge is 0.295 e. The van der Waals surface area contributed by atoms with Gasteiger partial charge in [0, 0.05) is 6.54 Å². The van der Waals surface area contributed by atoms with E-state index in [-0.39, 0.29) is 34.6 Å². The number of aromatic nitrogens is 4. The van der Waals surface area contributed by atoms with Gasteiger partial charge in [-0.15, -0.1) is 0 Å². The second kappa shape index (κ2) is 7.67. The Balaban J connectivity index is 1.89. The molecule has 0 saturated carbocycles. The number of hydrogen-bond donors (Lipinski definition) is 2. The van der Waals surface area contributed by atoms with Crippen molar-refractivity contribution in [1.29, 1.82) is 0 Å². The van der Waals surface area contributed by atoms with E-state index >= 15 is 0 Å².